The van der Waals surface area contributed by atoms with Gasteiger partial charge in [-0.3, -0.25) is 19.3 Å². The molecule has 0 fully saturated rings. The number of nitrogens with one attached hydrogen (secondary N) is 1. The topological polar surface area (TPSA) is 89.9 Å². The number of aryl methyl sites for hydroxylation is 2. The fraction of sp³-hybridized carbons (Fsp3) is 0.182. The molecule has 1 aromatic carbocycles. The van der Waals surface area contributed by atoms with E-state index in [0.29, 0.717) is 40.9 Å². The van der Waals surface area contributed by atoms with E-state index >= 15 is 0 Å². The van der Waals surface area contributed by atoms with E-state index in [1.807, 2.05) is 36.4 Å². The first-order chi connectivity index (χ1) is 14.6. The molecule has 152 valence electrons. The minimum Gasteiger partial charge on any atom is -0.489 e. The molecular weight excluding hydrogens is 400 g/mol. The average molecular weight is 420 g/mol. The van der Waals surface area contributed by atoms with Crippen LogP contribution in [0.5, 0.6) is 5.75 Å². The Morgan fingerprint density at radius 1 is 1.20 bits per heavy atom. The van der Waals surface area contributed by atoms with Crippen LogP contribution in [0.4, 0.5) is 0 Å². The number of hydrogen-bond donors (Lipinski definition) is 1. The number of aromatic nitrogens is 4. The van der Waals surface area contributed by atoms with Crippen LogP contribution in [0.3, 0.4) is 0 Å². The quantitative estimate of drug-likeness (QED) is 0.439. The fourth-order valence-electron chi connectivity index (χ4n) is 2.98. The maximum absolute atomic E-state index is 12.6. The van der Waals surface area contributed by atoms with E-state index in [2.05, 4.69) is 15.2 Å². The molecule has 3 aromatic heterocycles. The number of nitrogens with zero attached hydrogens (tertiary/aromatic N) is 3. The number of carbonyl (C=O) groups excluding carboxylic acids is 1. The lowest BCUT2D eigenvalue weighted by atomic mass is 10.1. The van der Waals surface area contributed by atoms with Crippen LogP contribution < -0.4 is 10.3 Å². The molecule has 1 N–H and O–H groups in total. The molecule has 8 heteroatoms. The molecule has 0 bridgehead atoms. The first-order valence-corrected chi connectivity index (χ1v) is 10.3. The maximum Gasteiger partial charge on any atom is 0.260 e. The number of thiazole rings is 1. The van der Waals surface area contributed by atoms with E-state index in [9.17, 15) is 9.59 Å². The Hall–Kier alpha value is -3.52. The molecule has 0 aliphatic heterocycles. The molecular formula is C22H20N4O3S. The highest BCUT2D eigenvalue weighted by atomic mass is 32.1. The molecule has 0 unspecified atom stereocenters. The second kappa shape index (κ2) is 8.87. The number of carbonyl (C=O) groups is 1. The normalized spacial score (nSPS) is 10.8. The number of aromatic amines is 1. The number of Topliss-reactive ketones (excluding diaryl/α,β-unsaturated/α-hetero) is 1. The van der Waals surface area contributed by atoms with E-state index in [-0.39, 0.29) is 11.3 Å². The van der Waals surface area contributed by atoms with Gasteiger partial charge in [-0.15, -0.1) is 0 Å². The van der Waals surface area contributed by atoms with Crippen molar-refractivity contribution in [2.45, 2.75) is 26.4 Å². The lowest BCUT2D eigenvalue weighted by molar-refractivity contribution is 0.0985. The molecule has 4 aromatic rings. The van der Waals surface area contributed by atoms with Gasteiger partial charge < -0.3 is 4.74 Å². The SMILES string of the molecule is Cc1nc(-n2ccc(OCc3ccccc3)cc2=O)sc1C(=O)CCc1ccn[nH]1. The smallest absolute Gasteiger partial charge is 0.260 e. The number of hydrogen-bond acceptors (Lipinski definition) is 6. The lowest BCUT2D eigenvalue weighted by Crippen LogP contribution is -2.16. The summed E-state index contributed by atoms with van der Waals surface area (Å²) in [5.41, 5.74) is 2.30. The zero-order chi connectivity index (χ0) is 20.9. The van der Waals surface area contributed by atoms with Crippen LogP contribution in [0.25, 0.3) is 5.13 Å². The van der Waals surface area contributed by atoms with Crippen molar-refractivity contribution in [3.63, 3.8) is 0 Å². The lowest BCUT2D eigenvalue weighted by Gasteiger charge is -2.07. The Morgan fingerprint density at radius 2 is 2.03 bits per heavy atom. The molecule has 0 radical (unpaired) electrons. The summed E-state index contributed by atoms with van der Waals surface area (Å²) >= 11 is 1.22. The third-order valence-electron chi connectivity index (χ3n) is 4.56. The molecule has 0 saturated heterocycles. The Balaban J connectivity index is 1.46. The maximum atomic E-state index is 12.6. The second-order valence-electron chi connectivity index (χ2n) is 6.76. The second-order valence-corrected chi connectivity index (χ2v) is 7.74. The van der Waals surface area contributed by atoms with Crippen LogP contribution in [0.1, 0.15) is 33.0 Å². The summed E-state index contributed by atoms with van der Waals surface area (Å²) < 4.78 is 7.13. The molecule has 3 heterocycles. The zero-order valence-corrected chi connectivity index (χ0v) is 17.2. The zero-order valence-electron chi connectivity index (χ0n) is 16.4. The van der Waals surface area contributed by atoms with Crippen molar-refractivity contribution in [3.8, 4) is 10.9 Å². The molecule has 0 amide bonds. The highest BCUT2D eigenvalue weighted by Crippen LogP contribution is 2.23. The number of rotatable bonds is 8. The van der Waals surface area contributed by atoms with Crippen molar-refractivity contribution in [1.82, 2.24) is 19.7 Å². The standard InChI is InChI=1S/C22H20N4O3S/c1-15-21(19(27)8-7-17-9-11-23-25-17)30-22(24-15)26-12-10-18(13-20(26)28)29-14-16-5-3-2-4-6-16/h2-6,9-13H,7-8,14H2,1H3,(H,23,25). The van der Waals surface area contributed by atoms with E-state index in [4.69, 9.17) is 4.74 Å². The largest absolute Gasteiger partial charge is 0.489 e. The Kier molecular flexibility index (Phi) is 5.85. The molecule has 0 saturated carbocycles. The third-order valence-corrected chi connectivity index (χ3v) is 5.76. The van der Waals surface area contributed by atoms with Crippen LogP contribution in [-0.4, -0.2) is 25.5 Å². The van der Waals surface area contributed by atoms with E-state index in [0.717, 1.165) is 11.3 Å². The summed E-state index contributed by atoms with van der Waals surface area (Å²) in [7, 11) is 0. The van der Waals surface area contributed by atoms with Crippen LogP contribution >= 0.6 is 11.3 Å². The van der Waals surface area contributed by atoms with Crippen LogP contribution in [0.2, 0.25) is 0 Å². The van der Waals surface area contributed by atoms with Crippen molar-refractivity contribution in [1.29, 1.82) is 0 Å². The third kappa shape index (κ3) is 4.55. The minimum absolute atomic E-state index is 0.00159. The monoisotopic (exact) mass is 420 g/mol. The van der Waals surface area contributed by atoms with Gasteiger partial charge in [0.25, 0.3) is 5.56 Å². The van der Waals surface area contributed by atoms with Crippen molar-refractivity contribution in [2.24, 2.45) is 0 Å². The highest BCUT2D eigenvalue weighted by Gasteiger charge is 2.17. The van der Waals surface area contributed by atoms with Crippen LogP contribution in [-0.2, 0) is 13.0 Å². The van der Waals surface area contributed by atoms with E-state index in [1.165, 1.54) is 22.0 Å². The molecule has 0 aliphatic rings. The summed E-state index contributed by atoms with van der Waals surface area (Å²) in [5, 5.41) is 7.21. The summed E-state index contributed by atoms with van der Waals surface area (Å²) in [6, 6.07) is 14.7. The first kappa shape index (κ1) is 19.8. The van der Waals surface area contributed by atoms with Gasteiger partial charge in [0.1, 0.15) is 12.4 Å². The van der Waals surface area contributed by atoms with Gasteiger partial charge in [-0.25, -0.2) is 4.98 Å². The predicted molar refractivity (Wildman–Crippen MR) is 114 cm³/mol. The van der Waals surface area contributed by atoms with Crippen LogP contribution in [0.15, 0.2) is 65.7 Å². The first-order valence-electron chi connectivity index (χ1n) is 9.49. The van der Waals surface area contributed by atoms with E-state index < -0.39 is 0 Å². The highest BCUT2D eigenvalue weighted by molar-refractivity contribution is 7.16. The summed E-state index contributed by atoms with van der Waals surface area (Å²) in [4.78, 5) is 30.2. The van der Waals surface area contributed by atoms with Crippen molar-refractivity contribution in [3.05, 3.63) is 93.1 Å². The Morgan fingerprint density at radius 3 is 2.77 bits per heavy atom. The van der Waals surface area contributed by atoms with Gasteiger partial charge in [-0.05, 0) is 31.0 Å². The number of ether oxygens (including phenoxy) is 1. The average Bonchev–Trinajstić information content (AvgIpc) is 3.41. The van der Waals surface area contributed by atoms with Crippen molar-refractivity contribution >= 4 is 17.1 Å². The number of pyridine rings is 1. The van der Waals surface area contributed by atoms with E-state index in [1.54, 1.807) is 25.4 Å². The van der Waals surface area contributed by atoms with Gasteiger partial charge in [0, 0.05) is 30.6 Å². The Labute approximate surface area is 177 Å². The van der Waals surface area contributed by atoms with Gasteiger partial charge in [0.2, 0.25) is 0 Å². The molecule has 30 heavy (non-hydrogen) atoms. The van der Waals surface area contributed by atoms with Crippen molar-refractivity contribution in [2.75, 3.05) is 0 Å². The van der Waals surface area contributed by atoms with Gasteiger partial charge in [0.15, 0.2) is 10.9 Å². The fourth-order valence-corrected chi connectivity index (χ4v) is 4.00. The van der Waals surface area contributed by atoms with Gasteiger partial charge in [0.05, 0.1) is 10.6 Å². The van der Waals surface area contributed by atoms with Crippen molar-refractivity contribution < 1.29 is 9.53 Å². The van der Waals surface area contributed by atoms with Gasteiger partial charge >= 0.3 is 0 Å². The number of H-pyrrole nitrogens is 1. The Bertz CT molecular complexity index is 1200. The molecule has 0 spiro atoms. The molecule has 4 rings (SSSR count). The molecule has 0 aliphatic carbocycles. The molecule has 7 nitrogen and oxygen atoms in total. The van der Waals surface area contributed by atoms with Gasteiger partial charge in [-0.1, -0.05) is 41.7 Å². The predicted octanol–water partition coefficient (Wildman–Crippen LogP) is 3.72. The summed E-state index contributed by atoms with van der Waals surface area (Å²) in [5.74, 6) is 0.492. The number of ketones is 1. The summed E-state index contributed by atoms with van der Waals surface area (Å²) in [6.45, 7) is 2.17. The minimum atomic E-state index is -0.259. The summed E-state index contributed by atoms with van der Waals surface area (Å²) in [6.07, 6.45) is 4.22. The van der Waals surface area contributed by atoms with Gasteiger partial charge in [-0.2, -0.15) is 5.10 Å². The van der Waals surface area contributed by atoms with Crippen LogP contribution in [0, 0.1) is 6.92 Å². The molecule has 0 atom stereocenters. The number of benzene rings is 1.